The third-order valence-electron chi connectivity index (χ3n) is 3.80. The molecule has 0 saturated carbocycles. The molecule has 0 aliphatic heterocycles. The van der Waals surface area contributed by atoms with E-state index in [1.165, 1.54) is 6.92 Å². The first-order valence-corrected chi connectivity index (χ1v) is 8.80. The van der Waals surface area contributed by atoms with Crippen molar-refractivity contribution in [3.63, 3.8) is 0 Å². The highest BCUT2D eigenvalue weighted by molar-refractivity contribution is 6.33. The maximum absolute atomic E-state index is 11.1. The first-order chi connectivity index (χ1) is 12.9. The number of amides is 1. The zero-order valence-electron chi connectivity index (χ0n) is 15.3. The molecule has 1 amide bonds. The fourth-order valence-corrected chi connectivity index (χ4v) is 3.03. The number of carbonyl (C=O) groups is 1. The number of nitrogens with one attached hydrogen (secondary N) is 3. The molecule has 2 aromatic carbocycles. The fourth-order valence-electron chi connectivity index (χ4n) is 2.66. The molecule has 0 spiro atoms. The summed E-state index contributed by atoms with van der Waals surface area (Å²) in [6.45, 7) is 5.48. The Morgan fingerprint density at radius 2 is 1.70 bits per heavy atom. The third-order valence-corrected chi connectivity index (χ3v) is 4.10. The molecule has 138 valence electrons. The fraction of sp³-hybridized carbons (Fsp3) is 0.150. The van der Waals surface area contributed by atoms with Crippen LogP contribution in [0.15, 0.2) is 48.7 Å². The monoisotopic (exact) mass is 381 g/mol. The summed E-state index contributed by atoms with van der Waals surface area (Å²) >= 11 is 6.35. The van der Waals surface area contributed by atoms with E-state index >= 15 is 0 Å². The molecule has 0 saturated heterocycles. The van der Waals surface area contributed by atoms with Gasteiger partial charge in [0.25, 0.3) is 0 Å². The molecule has 3 aromatic rings. The molecule has 0 unspecified atom stereocenters. The van der Waals surface area contributed by atoms with Crippen molar-refractivity contribution >= 4 is 46.3 Å². The Labute approximate surface area is 163 Å². The molecule has 3 N–H and O–H groups in total. The van der Waals surface area contributed by atoms with Crippen LogP contribution in [0.3, 0.4) is 0 Å². The highest BCUT2D eigenvalue weighted by Crippen LogP contribution is 2.30. The van der Waals surface area contributed by atoms with Crippen LogP contribution >= 0.6 is 11.6 Å². The van der Waals surface area contributed by atoms with Gasteiger partial charge in [0.2, 0.25) is 11.9 Å². The first-order valence-electron chi connectivity index (χ1n) is 8.42. The van der Waals surface area contributed by atoms with E-state index in [0.717, 1.165) is 28.2 Å². The second kappa shape index (κ2) is 8.05. The number of hydrogen-bond acceptors (Lipinski definition) is 5. The molecule has 1 aromatic heterocycles. The Kier molecular flexibility index (Phi) is 5.57. The number of benzene rings is 2. The van der Waals surface area contributed by atoms with Crippen LogP contribution in [-0.2, 0) is 4.79 Å². The Morgan fingerprint density at radius 1 is 1.00 bits per heavy atom. The SMILES string of the molecule is CC(=O)Nc1ccc(Nc2nccc(Nc3c(C)cc(C)cc3Cl)n2)cc1. The minimum atomic E-state index is -0.108. The van der Waals surface area contributed by atoms with Crippen LogP contribution in [-0.4, -0.2) is 15.9 Å². The molecule has 0 fully saturated rings. The van der Waals surface area contributed by atoms with Crippen molar-refractivity contribution in [3.05, 3.63) is 64.8 Å². The Bertz CT molecular complexity index is 949. The lowest BCUT2D eigenvalue weighted by molar-refractivity contribution is -0.114. The summed E-state index contributed by atoms with van der Waals surface area (Å²) in [5, 5.41) is 9.77. The van der Waals surface area contributed by atoms with E-state index < -0.39 is 0 Å². The minimum Gasteiger partial charge on any atom is -0.339 e. The normalized spacial score (nSPS) is 10.4. The van der Waals surface area contributed by atoms with Gasteiger partial charge in [-0.1, -0.05) is 17.7 Å². The number of nitrogens with zero attached hydrogens (tertiary/aromatic N) is 2. The molecule has 0 bridgehead atoms. The van der Waals surface area contributed by atoms with Crippen LogP contribution in [0.5, 0.6) is 0 Å². The molecular formula is C20H20ClN5O. The molecule has 0 atom stereocenters. The summed E-state index contributed by atoms with van der Waals surface area (Å²) in [7, 11) is 0. The van der Waals surface area contributed by atoms with Gasteiger partial charge in [-0.3, -0.25) is 4.79 Å². The number of halogens is 1. The van der Waals surface area contributed by atoms with E-state index in [0.29, 0.717) is 16.8 Å². The van der Waals surface area contributed by atoms with Gasteiger partial charge in [-0.15, -0.1) is 0 Å². The van der Waals surface area contributed by atoms with Crippen LogP contribution in [0.1, 0.15) is 18.1 Å². The maximum Gasteiger partial charge on any atom is 0.229 e. The number of rotatable bonds is 5. The predicted octanol–water partition coefficient (Wildman–Crippen LogP) is 5.19. The number of anilines is 5. The molecule has 7 heteroatoms. The third kappa shape index (κ3) is 4.95. The average molecular weight is 382 g/mol. The molecule has 6 nitrogen and oxygen atoms in total. The van der Waals surface area contributed by atoms with Crippen molar-refractivity contribution in [2.75, 3.05) is 16.0 Å². The predicted molar refractivity (Wildman–Crippen MR) is 110 cm³/mol. The number of aryl methyl sites for hydroxylation is 2. The molecular weight excluding hydrogens is 362 g/mol. The number of hydrogen-bond donors (Lipinski definition) is 3. The lowest BCUT2D eigenvalue weighted by Crippen LogP contribution is -2.05. The van der Waals surface area contributed by atoms with E-state index in [9.17, 15) is 4.79 Å². The van der Waals surface area contributed by atoms with Gasteiger partial charge in [-0.05, 0) is 61.4 Å². The molecule has 27 heavy (non-hydrogen) atoms. The summed E-state index contributed by atoms with van der Waals surface area (Å²) in [5.41, 5.74) is 4.52. The number of carbonyl (C=O) groups excluding carboxylic acids is 1. The molecule has 0 aliphatic carbocycles. The van der Waals surface area contributed by atoms with E-state index in [4.69, 9.17) is 11.6 Å². The Morgan fingerprint density at radius 3 is 2.37 bits per heavy atom. The number of aromatic nitrogens is 2. The van der Waals surface area contributed by atoms with E-state index in [2.05, 4.69) is 32.0 Å². The van der Waals surface area contributed by atoms with E-state index in [1.807, 2.05) is 32.0 Å². The quantitative estimate of drug-likeness (QED) is 0.566. The van der Waals surface area contributed by atoms with Gasteiger partial charge in [0, 0.05) is 24.5 Å². The maximum atomic E-state index is 11.1. The van der Waals surface area contributed by atoms with Crippen LogP contribution in [0.4, 0.5) is 28.8 Å². The highest BCUT2D eigenvalue weighted by atomic mass is 35.5. The summed E-state index contributed by atoms with van der Waals surface area (Å²) < 4.78 is 0. The van der Waals surface area contributed by atoms with E-state index in [-0.39, 0.29) is 5.91 Å². The van der Waals surface area contributed by atoms with Crippen molar-refractivity contribution < 1.29 is 4.79 Å². The summed E-state index contributed by atoms with van der Waals surface area (Å²) in [5.74, 6) is 0.979. The van der Waals surface area contributed by atoms with Crippen molar-refractivity contribution in [2.45, 2.75) is 20.8 Å². The zero-order chi connectivity index (χ0) is 19.4. The van der Waals surface area contributed by atoms with Crippen molar-refractivity contribution in [1.29, 1.82) is 0 Å². The van der Waals surface area contributed by atoms with Gasteiger partial charge >= 0.3 is 0 Å². The van der Waals surface area contributed by atoms with Crippen LogP contribution < -0.4 is 16.0 Å². The average Bonchev–Trinajstić information content (AvgIpc) is 2.60. The summed E-state index contributed by atoms with van der Waals surface area (Å²) in [6, 6.07) is 13.0. The summed E-state index contributed by atoms with van der Waals surface area (Å²) in [6.07, 6.45) is 1.67. The summed E-state index contributed by atoms with van der Waals surface area (Å²) in [4.78, 5) is 19.8. The van der Waals surface area contributed by atoms with Crippen LogP contribution in [0.25, 0.3) is 0 Å². The first kappa shape index (κ1) is 18.7. The topological polar surface area (TPSA) is 78.9 Å². The van der Waals surface area contributed by atoms with Gasteiger partial charge < -0.3 is 16.0 Å². The zero-order valence-corrected chi connectivity index (χ0v) is 16.1. The minimum absolute atomic E-state index is 0.108. The van der Waals surface area contributed by atoms with Crippen molar-refractivity contribution in [2.24, 2.45) is 0 Å². The Hall–Kier alpha value is -3.12. The van der Waals surface area contributed by atoms with Crippen molar-refractivity contribution in [3.8, 4) is 0 Å². The molecule has 3 rings (SSSR count). The lowest BCUT2D eigenvalue weighted by Gasteiger charge is -2.13. The standard InChI is InChI=1S/C20H20ClN5O/c1-12-10-13(2)19(17(21)11-12)25-18-8-9-22-20(26-18)24-16-6-4-15(5-7-16)23-14(3)27/h4-11H,1-3H3,(H,23,27)(H2,22,24,25,26). The second-order valence-electron chi connectivity index (χ2n) is 6.21. The van der Waals surface area contributed by atoms with Gasteiger partial charge in [-0.2, -0.15) is 4.98 Å². The van der Waals surface area contributed by atoms with Gasteiger partial charge in [0.15, 0.2) is 0 Å². The second-order valence-corrected chi connectivity index (χ2v) is 6.62. The van der Waals surface area contributed by atoms with Gasteiger partial charge in [-0.25, -0.2) is 4.98 Å². The van der Waals surface area contributed by atoms with Crippen LogP contribution in [0, 0.1) is 13.8 Å². The molecule has 0 aliphatic rings. The van der Waals surface area contributed by atoms with E-state index in [1.54, 1.807) is 24.4 Å². The van der Waals surface area contributed by atoms with Crippen molar-refractivity contribution in [1.82, 2.24) is 9.97 Å². The largest absolute Gasteiger partial charge is 0.339 e. The lowest BCUT2D eigenvalue weighted by atomic mass is 10.1. The van der Waals surface area contributed by atoms with Gasteiger partial charge in [0.1, 0.15) is 5.82 Å². The van der Waals surface area contributed by atoms with Crippen LogP contribution in [0.2, 0.25) is 5.02 Å². The smallest absolute Gasteiger partial charge is 0.229 e. The molecule has 1 heterocycles. The van der Waals surface area contributed by atoms with Gasteiger partial charge in [0.05, 0.1) is 10.7 Å². The molecule has 0 radical (unpaired) electrons. The highest BCUT2D eigenvalue weighted by Gasteiger charge is 2.08. The Balaban J connectivity index is 1.75.